The number of nitrogens with one attached hydrogen (secondary N) is 1. The van der Waals surface area contributed by atoms with E-state index >= 15 is 0 Å². The van der Waals surface area contributed by atoms with E-state index < -0.39 is 5.91 Å². The zero-order valence-electron chi connectivity index (χ0n) is 10.6. The molecular formula is C13H11Cl2N3O2. The highest BCUT2D eigenvalue weighted by atomic mass is 35.5. The van der Waals surface area contributed by atoms with Crippen molar-refractivity contribution in [1.82, 2.24) is 9.97 Å². The summed E-state index contributed by atoms with van der Waals surface area (Å²) in [6.45, 7) is 2.49. The molecule has 0 saturated heterocycles. The number of carbonyl (C=O) groups excluding carboxylic acids is 1. The third-order valence-electron chi connectivity index (χ3n) is 2.32. The number of amides is 1. The van der Waals surface area contributed by atoms with Crippen LogP contribution < -0.4 is 10.1 Å². The predicted octanol–water partition coefficient (Wildman–Crippen LogP) is 3.43. The summed E-state index contributed by atoms with van der Waals surface area (Å²) in [6, 6.07) is 8.33. The Labute approximate surface area is 125 Å². The molecule has 0 fully saturated rings. The van der Waals surface area contributed by atoms with Crippen LogP contribution in [-0.4, -0.2) is 22.5 Å². The molecule has 1 aromatic carbocycles. The first-order valence-electron chi connectivity index (χ1n) is 5.83. The van der Waals surface area contributed by atoms with Crippen LogP contribution in [0.15, 0.2) is 30.3 Å². The van der Waals surface area contributed by atoms with Crippen LogP contribution in [0.5, 0.6) is 5.75 Å². The third-order valence-corrected chi connectivity index (χ3v) is 2.69. The van der Waals surface area contributed by atoms with E-state index in [9.17, 15) is 4.79 Å². The van der Waals surface area contributed by atoms with Crippen LogP contribution in [0.3, 0.4) is 0 Å². The number of ether oxygens (including phenoxy) is 1. The van der Waals surface area contributed by atoms with Gasteiger partial charge in [0.2, 0.25) is 5.28 Å². The molecule has 1 heterocycles. The lowest BCUT2D eigenvalue weighted by Gasteiger charge is -2.07. The van der Waals surface area contributed by atoms with Crippen LogP contribution in [0, 0.1) is 0 Å². The number of hydrogen-bond acceptors (Lipinski definition) is 4. The van der Waals surface area contributed by atoms with Crippen LogP contribution in [0.4, 0.5) is 5.69 Å². The Bertz CT molecular complexity index is 597. The van der Waals surface area contributed by atoms with Crippen LogP contribution in [0.25, 0.3) is 0 Å². The molecule has 0 aliphatic heterocycles. The predicted molar refractivity (Wildman–Crippen MR) is 77.6 cm³/mol. The summed E-state index contributed by atoms with van der Waals surface area (Å²) in [7, 11) is 0. The molecule has 0 spiro atoms. The SMILES string of the molecule is CCOc1ccc(NC(=O)c2cc(Cl)nc(Cl)n2)cc1. The highest BCUT2D eigenvalue weighted by molar-refractivity contribution is 6.32. The fraction of sp³-hybridized carbons (Fsp3) is 0.154. The largest absolute Gasteiger partial charge is 0.494 e. The van der Waals surface area contributed by atoms with Gasteiger partial charge in [-0.3, -0.25) is 4.79 Å². The van der Waals surface area contributed by atoms with Gasteiger partial charge in [0, 0.05) is 11.8 Å². The average Bonchev–Trinajstić information content (AvgIpc) is 2.40. The number of rotatable bonds is 4. The highest BCUT2D eigenvalue weighted by Crippen LogP contribution is 2.17. The van der Waals surface area contributed by atoms with Gasteiger partial charge in [-0.1, -0.05) is 11.6 Å². The van der Waals surface area contributed by atoms with Gasteiger partial charge in [-0.05, 0) is 42.8 Å². The quantitative estimate of drug-likeness (QED) is 0.694. The van der Waals surface area contributed by atoms with E-state index in [0.29, 0.717) is 12.3 Å². The van der Waals surface area contributed by atoms with Crippen molar-refractivity contribution in [3.8, 4) is 5.75 Å². The molecule has 0 radical (unpaired) electrons. The van der Waals surface area contributed by atoms with E-state index in [0.717, 1.165) is 5.75 Å². The molecule has 0 atom stereocenters. The summed E-state index contributed by atoms with van der Waals surface area (Å²) in [5.74, 6) is 0.319. The number of carbonyl (C=O) groups is 1. The number of anilines is 1. The monoisotopic (exact) mass is 311 g/mol. The molecule has 0 saturated carbocycles. The second-order valence-corrected chi connectivity index (χ2v) is 4.48. The van der Waals surface area contributed by atoms with Crippen LogP contribution in [0.2, 0.25) is 10.4 Å². The summed E-state index contributed by atoms with van der Waals surface area (Å²) in [6.07, 6.45) is 0. The minimum atomic E-state index is -0.416. The van der Waals surface area contributed by atoms with Crippen molar-refractivity contribution in [2.45, 2.75) is 6.92 Å². The second kappa shape index (κ2) is 6.54. The van der Waals surface area contributed by atoms with Gasteiger partial charge in [-0.25, -0.2) is 9.97 Å². The minimum absolute atomic E-state index is 0.0747. The van der Waals surface area contributed by atoms with Gasteiger partial charge in [0.05, 0.1) is 6.61 Å². The van der Waals surface area contributed by atoms with E-state index in [4.69, 9.17) is 27.9 Å². The zero-order valence-corrected chi connectivity index (χ0v) is 12.1. The molecule has 2 rings (SSSR count). The first-order valence-corrected chi connectivity index (χ1v) is 6.58. The van der Waals surface area contributed by atoms with Crippen molar-refractivity contribution < 1.29 is 9.53 Å². The van der Waals surface area contributed by atoms with Crippen LogP contribution in [-0.2, 0) is 0 Å². The number of benzene rings is 1. The molecule has 20 heavy (non-hydrogen) atoms. The molecule has 5 nitrogen and oxygen atoms in total. The maximum atomic E-state index is 12.0. The van der Waals surface area contributed by atoms with Crippen molar-refractivity contribution in [2.75, 3.05) is 11.9 Å². The molecule has 0 aliphatic rings. The van der Waals surface area contributed by atoms with Crippen molar-refractivity contribution in [3.05, 3.63) is 46.5 Å². The van der Waals surface area contributed by atoms with E-state index in [2.05, 4.69) is 15.3 Å². The molecule has 1 amide bonds. The van der Waals surface area contributed by atoms with E-state index in [-0.39, 0.29) is 16.1 Å². The fourth-order valence-electron chi connectivity index (χ4n) is 1.50. The lowest BCUT2D eigenvalue weighted by Crippen LogP contribution is -2.14. The standard InChI is InChI=1S/C13H11Cl2N3O2/c1-2-20-9-5-3-8(4-6-9)16-12(19)10-7-11(14)18-13(15)17-10/h3-7H,2H2,1H3,(H,16,19). The van der Waals surface area contributed by atoms with E-state index in [1.54, 1.807) is 24.3 Å². The molecule has 7 heteroatoms. The summed E-state index contributed by atoms with van der Waals surface area (Å²) in [5, 5.41) is 2.72. The van der Waals surface area contributed by atoms with Gasteiger partial charge >= 0.3 is 0 Å². The molecule has 0 bridgehead atoms. The molecular weight excluding hydrogens is 301 g/mol. The van der Waals surface area contributed by atoms with Gasteiger partial charge in [-0.2, -0.15) is 0 Å². The Morgan fingerprint density at radius 1 is 1.25 bits per heavy atom. The Morgan fingerprint density at radius 3 is 2.55 bits per heavy atom. The normalized spacial score (nSPS) is 10.2. The van der Waals surface area contributed by atoms with Crippen molar-refractivity contribution in [1.29, 1.82) is 0 Å². The molecule has 1 aromatic heterocycles. The molecule has 0 unspecified atom stereocenters. The zero-order chi connectivity index (χ0) is 14.5. The molecule has 104 valence electrons. The summed E-state index contributed by atoms with van der Waals surface area (Å²) in [5.41, 5.74) is 0.716. The fourth-order valence-corrected chi connectivity index (χ4v) is 1.91. The van der Waals surface area contributed by atoms with Gasteiger partial charge in [-0.15, -0.1) is 0 Å². The van der Waals surface area contributed by atoms with Crippen LogP contribution >= 0.6 is 23.2 Å². The minimum Gasteiger partial charge on any atom is -0.494 e. The number of halogens is 2. The Hall–Kier alpha value is -1.85. The first-order chi connectivity index (χ1) is 9.58. The van der Waals surface area contributed by atoms with Gasteiger partial charge in [0.15, 0.2) is 0 Å². The van der Waals surface area contributed by atoms with Crippen LogP contribution in [0.1, 0.15) is 17.4 Å². The summed E-state index contributed by atoms with van der Waals surface area (Å²) < 4.78 is 5.31. The lowest BCUT2D eigenvalue weighted by atomic mass is 10.3. The van der Waals surface area contributed by atoms with Crippen molar-refractivity contribution in [3.63, 3.8) is 0 Å². The summed E-state index contributed by atoms with van der Waals surface area (Å²) >= 11 is 11.4. The molecule has 0 aliphatic carbocycles. The summed E-state index contributed by atoms with van der Waals surface area (Å²) in [4.78, 5) is 19.5. The van der Waals surface area contributed by atoms with Gasteiger partial charge in [0.25, 0.3) is 5.91 Å². The Kier molecular flexibility index (Phi) is 4.76. The number of aromatic nitrogens is 2. The maximum Gasteiger partial charge on any atom is 0.274 e. The van der Waals surface area contributed by atoms with E-state index in [1.165, 1.54) is 6.07 Å². The van der Waals surface area contributed by atoms with Crippen molar-refractivity contribution in [2.24, 2.45) is 0 Å². The second-order valence-electron chi connectivity index (χ2n) is 3.76. The molecule has 2 aromatic rings. The Balaban J connectivity index is 2.10. The topological polar surface area (TPSA) is 64.1 Å². The maximum absolute atomic E-state index is 12.0. The smallest absolute Gasteiger partial charge is 0.274 e. The lowest BCUT2D eigenvalue weighted by molar-refractivity contribution is 0.102. The number of nitrogens with zero attached hydrogens (tertiary/aromatic N) is 2. The Morgan fingerprint density at radius 2 is 1.95 bits per heavy atom. The van der Waals surface area contributed by atoms with Gasteiger partial charge < -0.3 is 10.1 Å². The van der Waals surface area contributed by atoms with E-state index in [1.807, 2.05) is 6.92 Å². The van der Waals surface area contributed by atoms with Gasteiger partial charge in [0.1, 0.15) is 16.6 Å². The highest BCUT2D eigenvalue weighted by Gasteiger charge is 2.10. The first kappa shape index (κ1) is 14.6. The van der Waals surface area contributed by atoms with Crippen molar-refractivity contribution >= 4 is 34.8 Å². The third kappa shape index (κ3) is 3.82. The number of hydrogen-bond donors (Lipinski definition) is 1. The molecule has 1 N–H and O–H groups in total. The average molecular weight is 312 g/mol.